The maximum Gasteiger partial charge on any atom is 0.162 e. The highest BCUT2D eigenvalue weighted by atomic mass is 16.6. The monoisotopic (exact) mass is 512 g/mol. The van der Waals surface area contributed by atoms with Crippen molar-refractivity contribution < 1.29 is 28.4 Å². The minimum Gasteiger partial charge on any atom is -0.487 e. The molecule has 0 atom stereocenters. The van der Waals surface area contributed by atoms with Crippen molar-refractivity contribution >= 4 is 21.5 Å². The summed E-state index contributed by atoms with van der Waals surface area (Å²) in [5.41, 5.74) is 1.83. The summed E-state index contributed by atoms with van der Waals surface area (Å²) in [7, 11) is 0. The quantitative estimate of drug-likeness (QED) is 0.238. The third-order valence-corrected chi connectivity index (χ3v) is 6.14. The molecule has 0 saturated carbocycles. The summed E-state index contributed by atoms with van der Waals surface area (Å²) >= 11 is 0. The molecule has 0 fully saturated rings. The maximum atomic E-state index is 6.03. The second-order valence-corrected chi connectivity index (χ2v) is 8.75. The molecule has 0 bridgehead atoms. The van der Waals surface area contributed by atoms with E-state index in [1.807, 2.05) is 18.2 Å². The van der Waals surface area contributed by atoms with Gasteiger partial charge in [0.1, 0.15) is 13.2 Å². The average Bonchev–Trinajstić information content (AvgIpc) is 2.96. The van der Waals surface area contributed by atoms with Crippen LogP contribution in [0.3, 0.4) is 0 Å². The van der Waals surface area contributed by atoms with Gasteiger partial charge in [0, 0.05) is 11.1 Å². The van der Waals surface area contributed by atoms with E-state index in [-0.39, 0.29) is 0 Å². The molecule has 38 heavy (non-hydrogen) atoms. The highest BCUT2D eigenvalue weighted by Crippen LogP contribution is 2.30. The first kappa shape index (κ1) is 26.0. The normalized spacial score (nSPS) is 16.2. The van der Waals surface area contributed by atoms with Gasteiger partial charge in [-0.2, -0.15) is 0 Å². The van der Waals surface area contributed by atoms with Gasteiger partial charge >= 0.3 is 0 Å². The van der Waals surface area contributed by atoms with Crippen LogP contribution in [0.15, 0.2) is 72.8 Å². The summed E-state index contributed by atoms with van der Waals surface area (Å²) in [5.74, 6) is 8.00. The lowest BCUT2D eigenvalue weighted by atomic mass is 9.97. The van der Waals surface area contributed by atoms with Crippen LogP contribution < -0.4 is 9.47 Å². The summed E-state index contributed by atoms with van der Waals surface area (Å²) < 4.78 is 34.2. The Hall–Kier alpha value is -3.60. The van der Waals surface area contributed by atoms with Crippen LogP contribution in [0.4, 0.5) is 0 Å². The van der Waals surface area contributed by atoms with Crippen LogP contribution in [0.1, 0.15) is 11.1 Å². The first-order valence-electron chi connectivity index (χ1n) is 13.0. The fraction of sp³-hybridized carbons (Fsp3) is 0.312. The smallest absolute Gasteiger partial charge is 0.162 e. The predicted molar refractivity (Wildman–Crippen MR) is 148 cm³/mol. The molecule has 0 radical (unpaired) electrons. The first-order valence-corrected chi connectivity index (χ1v) is 13.0. The molecule has 0 saturated heterocycles. The molecule has 1 aliphatic heterocycles. The molecule has 0 N–H and O–H groups in total. The van der Waals surface area contributed by atoms with Crippen molar-refractivity contribution in [2.45, 2.75) is 0 Å². The van der Waals surface area contributed by atoms with Crippen molar-refractivity contribution in [2.75, 3.05) is 66.1 Å². The molecule has 4 aromatic rings. The number of benzene rings is 4. The Bertz CT molecular complexity index is 1400. The molecule has 0 aliphatic carbocycles. The van der Waals surface area contributed by atoms with E-state index in [1.54, 1.807) is 0 Å². The zero-order valence-corrected chi connectivity index (χ0v) is 21.4. The molecule has 0 spiro atoms. The van der Waals surface area contributed by atoms with Gasteiger partial charge in [-0.05, 0) is 45.8 Å². The summed E-state index contributed by atoms with van der Waals surface area (Å²) in [5, 5.41) is 4.75. The molecule has 196 valence electrons. The number of hydrogen-bond donors (Lipinski definition) is 0. The van der Waals surface area contributed by atoms with E-state index in [0.29, 0.717) is 77.6 Å². The molecule has 0 amide bonds. The lowest BCUT2D eigenvalue weighted by Crippen LogP contribution is -2.16. The van der Waals surface area contributed by atoms with Crippen molar-refractivity contribution in [2.24, 2.45) is 0 Å². The third kappa shape index (κ3) is 7.03. The number of fused-ring (bicyclic) bond motifs is 4. The second kappa shape index (κ2) is 13.8. The summed E-state index contributed by atoms with van der Waals surface area (Å²) in [6.45, 7) is 4.83. The molecule has 6 nitrogen and oxygen atoms in total. The number of hydrogen-bond acceptors (Lipinski definition) is 6. The Morgan fingerprint density at radius 3 is 1.68 bits per heavy atom. The highest BCUT2D eigenvalue weighted by molar-refractivity contribution is 6.09. The topological polar surface area (TPSA) is 55.4 Å². The van der Waals surface area contributed by atoms with Gasteiger partial charge in [-0.15, -0.1) is 0 Å². The molecule has 4 aromatic carbocycles. The van der Waals surface area contributed by atoms with Gasteiger partial charge in [0.2, 0.25) is 0 Å². The predicted octanol–water partition coefficient (Wildman–Crippen LogP) is 5.23. The summed E-state index contributed by atoms with van der Waals surface area (Å²) in [6, 6.07) is 24.7. The second-order valence-electron chi connectivity index (χ2n) is 8.75. The van der Waals surface area contributed by atoms with Gasteiger partial charge < -0.3 is 28.4 Å². The van der Waals surface area contributed by atoms with E-state index in [4.69, 9.17) is 28.4 Å². The SMILES string of the molecule is C(#Cc1cc2ccccc2c2ccccc12)c1ccc2c(c1)OCCOCCOCCOCCOCCO2. The van der Waals surface area contributed by atoms with Crippen LogP contribution in [0, 0.1) is 11.8 Å². The molecule has 6 heteroatoms. The summed E-state index contributed by atoms with van der Waals surface area (Å²) in [6.07, 6.45) is 0. The lowest BCUT2D eigenvalue weighted by Gasteiger charge is -2.14. The molecule has 0 aromatic heterocycles. The zero-order valence-electron chi connectivity index (χ0n) is 21.4. The zero-order chi connectivity index (χ0) is 25.8. The minimum absolute atomic E-state index is 0.391. The van der Waals surface area contributed by atoms with Gasteiger partial charge in [-0.25, -0.2) is 0 Å². The Kier molecular flexibility index (Phi) is 9.45. The van der Waals surface area contributed by atoms with Crippen LogP contribution in [0.25, 0.3) is 21.5 Å². The highest BCUT2D eigenvalue weighted by Gasteiger charge is 2.08. The fourth-order valence-electron chi connectivity index (χ4n) is 4.30. The van der Waals surface area contributed by atoms with Crippen molar-refractivity contribution in [3.63, 3.8) is 0 Å². The maximum absolute atomic E-state index is 6.03. The van der Waals surface area contributed by atoms with Gasteiger partial charge in [-0.3, -0.25) is 0 Å². The molecule has 0 unspecified atom stereocenters. The number of rotatable bonds is 0. The van der Waals surface area contributed by atoms with Crippen LogP contribution in [-0.2, 0) is 18.9 Å². The van der Waals surface area contributed by atoms with Crippen molar-refractivity contribution in [3.05, 3.63) is 83.9 Å². The van der Waals surface area contributed by atoms with Gasteiger partial charge in [0.25, 0.3) is 0 Å². The lowest BCUT2D eigenvalue weighted by molar-refractivity contribution is -0.00841. The van der Waals surface area contributed by atoms with Crippen LogP contribution >= 0.6 is 0 Å². The molecular weight excluding hydrogens is 480 g/mol. The van der Waals surface area contributed by atoms with E-state index < -0.39 is 0 Å². The number of ether oxygens (including phenoxy) is 6. The third-order valence-electron chi connectivity index (χ3n) is 6.14. The van der Waals surface area contributed by atoms with Crippen LogP contribution in [0.5, 0.6) is 11.5 Å². The first-order chi connectivity index (χ1) is 18.9. The van der Waals surface area contributed by atoms with E-state index in [1.165, 1.54) is 16.2 Å². The van der Waals surface area contributed by atoms with E-state index in [2.05, 4.69) is 66.4 Å². The summed E-state index contributed by atoms with van der Waals surface area (Å²) in [4.78, 5) is 0. The standard InChI is InChI=1S/C32H32O6/c1-2-6-28-26(5-1)24-27(29-7-3-4-8-30(28)29)11-9-25-10-12-31-32(23-25)38-22-20-36-18-16-34-14-13-33-15-17-35-19-21-37-31/h1-8,10,12,23-24H,13-22H2. The molecule has 1 aliphatic rings. The Morgan fingerprint density at radius 1 is 0.447 bits per heavy atom. The minimum atomic E-state index is 0.391. The molecule has 5 rings (SSSR count). The van der Waals surface area contributed by atoms with Crippen molar-refractivity contribution in [1.29, 1.82) is 0 Å². The molecule has 1 heterocycles. The Balaban J connectivity index is 1.36. The van der Waals surface area contributed by atoms with Gasteiger partial charge in [0.15, 0.2) is 11.5 Å². The molecular formula is C32H32O6. The Morgan fingerprint density at radius 2 is 1.00 bits per heavy atom. The van der Waals surface area contributed by atoms with Gasteiger partial charge in [0.05, 0.1) is 52.9 Å². The van der Waals surface area contributed by atoms with Crippen LogP contribution in [-0.4, -0.2) is 66.1 Å². The Labute approximate surface area is 223 Å². The van der Waals surface area contributed by atoms with Crippen molar-refractivity contribution in [1.82, 2.24) is 0 Å². The largest absolute Gasteiger partial charge is 0.487 e. The van der Waals surface area contributed by atoms with Crippen LogP contribution in [0.2, 0.25) is 0 Å². The average molecular weight is 513 g/mol. The van der Waals surface area contributed by atoms with E-state index in [9.17, 15) is 0 Å². The van der Waals surface area contributed by atoms with E-state index in [0.717, 1.165) is 16.5 Å². The van der Waals surface area contributed by atoms with Gasteiger partial charge in [-0.1, -0.05) is 60.4 Å². The fourth-order valence-corrected chi connectivity index (χ4v) is 4.30. The van der Waals surface area contributed by atoms with E-state index >= 15 is 0 Å². The van der Waals surface area contributed by atoms with Crippen molar-refractivity contribution in [3.8, 4) is 23.3 Å².